The van der Waals surface area contributed by atoms with E-state index < -0.39 is 0 Å². The van der Waals surface area contributed by atoms with Crippen molar-refractivity contribution in [2.75, 3.05) is 20.1 Å². The Bertz CT molecular complexity index is 542. The van der Waals surface area contributed by atoms with E-state index in [2.05, 4.69) is 4.98 Å². The number of aromatic nitrogens is 1. The fourth-order valence-corrected chi connectivity index (χ4v) is 3.58. The van der Waals surface area contributed by atoms with Gasteiger partial charge in [-0.05, 0) is 37.8 Å². The largest absolute Gasteiger partial charge is 0.338 e. The monoisotopic (exact) mass is 287 g/mol. The summed E-state index contributed by atoms with van der Waals surface area (Å²) in [6, 6.07) is 5.39. The molecule has 5 heteroatoms. The van der Waals surface area contributed by atoms with Crippen molar-refractivity contribution in [1.29, 1.82) is 0 Å². The molecule has 21 heavy (non-hydrogen) atoms. The van der Waals surface area contributed by atoms with Gasteiger partial charge in [0.25, 0.3) is 5.91 Å². The highest BCUT2D eigenvalue weighted by Gasteiger charge is 2.44. The van der Waals surface area contributed by atoms with Crippen molar-refractivity contribution < 1.29 is 9.59 Å². The molecule has 1 aromatic heterocycles. The molecule has 0 aliphatic carbocycles. The second kappa shape index (κ2) is 5.47. The van der Waals surface area contributed by atoms with Crippen molar-refractivity contribution in [3.05, 3.63) is 30.1 Å². The maximum absolute atomic E-state index is 12.6. The topological polar surface area (TPSA) is 53.5 Å². The zero-order chi connectivity index (χ0) is 14.9. The van der Waals surface area contributed by atoms with Gasteiger partial charge in [-0.15, -0.1) is 0 Å². The average Bonchev–Trinajstić information content (AvgIpc) is 2.53. The van der Waals surface area contributed by atoms with E-state index in [0.717, 1.165) is 32.2 Å². The Morgan fingerprint density at radius 1 is 1.29 bits per heavy atom. The summed E-state index contributed by atoms with van der Waals surface area (Å²) in [7, 11) is 1.89. The summed E-state index contributed by atoms with van der Waals surface area (Å²) in [6.45, 7) is 1.38. The van der Waals surface area contributed by atoms with E-state index >= 15 is 0 Å². The quantitative estimate of drug-likeness (QED) is 0.790. The van der Waals surface area contributed by atoms with Gasteiger partial charge in [0.2, 0.25) is 5.91 Å². The minimum absolute atomic E-state index is 0.0268. The molecule has 2 amide bonds. The molecule has 1 spiro atoms. The summed E-state index contributed by atoms with van der Waals surface area (Å²) < 4.78 is 0. The summed E-state index contributed by atoms with van der Waals surface area (Å²) >= 11 is 0. The minimum atomic E-state index is -0.169. The van der Waals surface area contributed by atoms with Gasteiger partial charge in [0.15, 0.2) is 0 Å². The first-order valence-corrected chi connectivity index (χ1v) is 7.59. The Balaban J connectivity index is 1.80. The summed E-state index contributed by atoms with van der Waals surface area (Å²) in [6.07, 6.45) is 6.11. The number of rotatable bonds is 1. The number of hydrogen-bond acceptors (Lipinski definition) is 3. The lowest BCUT2D eigenvalue weighted by atomic mass is 9.80. The van der Waals surface area contributed by atoms with Gasteiger partial charge in [-0.3, -0.25) is 14.6 Å². The molecule has 0 saturated carbocycles. The minimum Gasteiger partial charge on any atom is -0.338 e. The van der Waals surface area contributed by atoms with E-state index in [1.807, 2.05) is 29.0 Å². The molecule has 2 fully saturated rings. The molecule has 1 atom stereocenters. The van der Waals surface area contributed by atoms with Gasteiger partial charge in [0.1, 0.15) is 5.69 Å². The Morgan fingerprint density at radius 2 is 2.10 bits per heavy atom. The van der Waals surface area contributed by atoms with Crippen molar-refractivity contribution in [2.24, 2.45) is 0 Å². The molecule has 0 N–H and O–H groups in total. The van der Waals surface area contributed by atoms with Crippen molar-refractivity contribution in [3.63, 3.8) is 0 Å². The number of hydrogen-bond donors (Lipinski definition) is 0. The van der Waals surface area contributed by atoms with E-state index in [4.69, 9.17) is 0 Å². The van der Waals surface area contributed by atoms with Crippen molar-refractivity contribution in [3.8, 4) is 0 Å². The summed E-state index contributed by atoms with van der Waals surface area (Å²) in [5.41, 5.74) is 0.317. The molecule has 112 valence electrons. The predicted octanol–water partition coefficient (Wildman–Crippen LogP) is 1.70. The first-order chi connectivity index (χ1) is 10.1. The SMILES string of the molecule is CN1C(=O)CCCC12CCCN(C(=O)c1ccccn1)C2. The maximum atomic E-state index is 12.6. The molecule has 1 aromatic rings. The summed E-state index contributed by atoms with van der Waals surface area (Å²) in [4.78, 5) is 32.5. The number of carbonyl (C=O) groups is 2. The van der Waals surface area contributed by atoms with Crippen molar-refractivity contribution in [1.82, 2.24) is 14.8 Å². The van der Waals surface area contributed by atoms with Crippen LogP contribution in [-0.4, -0.2) is 52.3 Å². The lowest BCUT2D eigenvalue weighted by Gasteiger charge is -2.50. The van der Waals surface area contributed by atoms with E-state index in [0.29, 0.717) is 18.7 Å². The second-order valence-electron chi connectivity index (χ2n) is 6.08. The van der Waals surface area contributed by atoms with E-state index in [1.54, 1.807) is 12.3 Å². The van der Waals surface area contributed by atoms with E-state index in [-0.39, 0.29) is 17.4 Å². The Morgan fingerprint density at radius 3 is 2.86 bits per heavy atom. The zero-order valence-electron chi connectivity index (χ0n) is 12.4. The number of amides is 2. The van der Waals surface area contributed by atoms with Crippen LogP contribution in [0.5, 0.6) is 0 Å². The van der Waals surface area contributed by atoms with Crippen LogP contribution in [0.3, 0.4) is 0 Å². The van der Waals surface area contributed by atoms with Crippen LogP contribution in [0.25, 0.3) is 0 Å². The first kappa shape index (κ1) is 14.0. The number of likely N-dealkylation sites (N-methyl/N-ethyl adjacent to an activating group) is 1. The number of pyridine rings is 1. The number of likely N-dealkylation sites (tertiary alicyclic amines) is 2. The van der Waals surface area contributed by atoms with Crippen LogP contribution in [0.2, 0.25) is 0 Å². The van der Waals surface area contributed by atoms with E-state index in [9.17, 15) is 9.59 Å². The van der Waals surface area contributed by atoms with Crippen LogP contribution in [0.4, 0.5) is 0 Å². The van der Waals surface area contributed by atoms with Crippen LogP contribution in [0, 0.1) is 0 Å². The fourth-order valence-electron chi connectivity index (χ4n) is 3.58. The van der Waals surface area contributed by atoms with Crippen molar-refractivity contribution >= 4 is 11.8 Å². The molecular formula is C16H21N3O2. The van der Waals surface area contributed by atoms with Crippen LogP contribution < -0.4 is 0 Å². The van der Waals surface area contributed by atoms with E-state index in [1.165, 1.54) is 0 Å². The molecule has 2 aliphatic rings. The second-order valence-corrected chi connectivity index (χ2v) is 6.08. The van der Waals surface area contributed by atoms with Gasteiger partial charge in [-0.25, -0.2) is 0 Å². The molecule has 3 rings (SSSR count). The van der Waals surface area contributed by atoms with Gasteiger partial charge in [0.05, 0.1) is 5.54 Å². The molecule has 0 aromatic carbocycles. The molecule has 1 unspecified atom stereocenters. The molecule has 2 saturated heterocycles. The lowest BCUT2D eigenvalue weighted by Crippen LogP contribution is -2.61. The summed E-state index contributed by atoms with van der Waals surface area (Å²) in [5.74, 6) is 0.175. The van der Waals surface area contributed by atoms with Crippen LogP contribution in [0.15, 0.2) is 24.4 Å². The predicted molar refractivity (Wildman–Crippen MR) is 78.7 cm³/mol. The van der Waals surface area contributed by atoms with Gasteiger partial charge >= 0.3 is 0 Å². The van der Waals surface area contributed by atoms with Crippen molar-refractivity contribution in [2.45, 2.75) is 37.6 Å². The maximum Gasteiger partial charge on any atom is 0.272 e. The third-order valence-corrected chi connectivity index (χ3v) is 4.84. The Hall–Kier alpha value is -1.91. The standard InChI is InChI=1S/C16H21N3O2/c1-18-14(20)7-4-8-16(18)9-5-11-19(12-16)15(21)13-6-2-3-10-17-13/h2-3,6,10H,4-5,7-9,11-12H2,1H3. The molecule has 0 bridgehead atoms. The highest BCUT2D eigenvalue weighted by atomic mass is 16.2. The highest BCUT2D eigenvalue weighted by Crippen LogP contribution is 2.35. The summed E-state index contributed by atoms with van der Waals surface area (Å²) in [5, 5.41) is 0. The third kappa shape index (κ3) is 2.52. The Labute approximate surface area is 124 Å². The van der Waals surface area contributed by atoms with Gasteiger partial charge in [-0.1, -0.05) is 6.07 Å². The number of piperidine rings is 2. The lowest BCUT2D eigenvalue weighted by molar-refractivity contribution is -0.142. The third-order valence-electron chi connectivity index (χ3n) is 4.84. The molecule has 2 aliphatic heterocycles. The first-order valence-electron chi connectivity index (χ1n) is 7.59. The smallest absolute Gasteiger partial charge is 0.272 e. The van der Waals surface area contributed by atoms with Crippen LogP contribution in [0.1, 0.15) is 42.6 Å². The fraction of sp³-hybridized carbons (Fsp3) is 0.562. The number of nitrogens with zero attached hydrogens (tertiary/aromatic N) is 3. The average molecular weight is 287 g/mol. The molecular weight excluding hydrogens is 266 g/mol. The van der Waals surface area contributed by atoms with Crippen LogP contribution >= 0.6 is 0 Å². The highest BCUT2D eigenvalue weighted by molar-refractivity contribution is 5.92. The number of carbonyl (C=O) groups excluding carboxylic acids is 2. The zero-order valence-corrected chi connectivity index (χ0v) is 12.4. The van der Waals surface area contributed by atoms with Gasteiger partial charge < -0.3 is 9.80 Å². The van der Waals surface area contributed by atoms with Crippen LogP contribution in [-0.2, 0) is 4.79 Å². The van der Waals surface area contributed by atoms with Gasteiger partial charge in [0, 0.05) is 32.8 Å². The van der Waals surface area contributed by atoms with Gasteiger partial charge in [-0.2, -0.15) is 0 Å². The molecule has 3 heterocycles. The normalized spacial score (nSPS) is 26.2. The Kier molecular flexibility index (Phi) is 3.66. The molecule has 5 nitrogen and oxygen atoms in total. The molecule has 0 radical (unpaired) electrons.